The van der Waals surface area contributed by atoms with E-state index in [1.165, 1.54) is 0 Å². The van der Waals surface area contributed by atoms with Crippen molar-refractivity contribution in [2.75, 3.05) is 32.6 Å². The maximum absolute atomic E-state index is 12.0. The minimum Gasteiger partial charge on any atom is -0.494 e. The van der Waals surface area contributed by atoms with Gasteiger partial charge in [-0.05, 0) is 66.4 Å². The summed E-state index contributed by atoms with van der Waals surface area (Å²) in [6.45, 7) is 13.7. The first-order valence-electron chi connectivity index (χ1n) is 11.4. The molecule has 1 heterocycles. The van der Waals surface area contributed by atoms with Crippen molar-refractivity contribution < 1.29 is 24.0 Å². The lowest BCUT2D eigenvalue weighted by Crippen LogP contribution is -2.49. The molecule has 0 aliphatic rings. The predicted octanol–water partition coefficient (Wildman–Crippen LogP) is 3.12. The van der Waals surface area contributed by atoms with Gasteiger partial charge >= 0.3 is 13.6 Å². The number of rotatable bonds is 10. The Morgan fingerprint density at radius 2 is 1.85 bits per heavy atom. The lowest BCUT2D eigenvalue weighted by atomic mass is 9.82. The van der Waals surface area contributed by atoms with Gasteiger partial charge in [-0.15, -0.1) is 0 Å². The molecule has 2 N–H and O–H groups in total. The molecule has 1 aromatic heterocycles. The summed E-state index contributed by atoms with van der Waals surface area (Å²) in [7, 11) is 4.90. The second kappa shape index (κ2) is 10.8. The number of carbonyl (C=O) groups is 1. The molecule has 9 nitrogen and oxygen atoms in total. The number of hydrogen-bond donors (Lipinski definition) is 2. The Kier molecular flexibility index (Phi) is 8.77. The maximum Gasteiger partial charge on any atom is 0.410 e. The van der Waals surface area contributed by atoms with E-state index in [9.17, 15) is 9.90 Å². The van der Waals surface area contributed by atoms with Gasteiger partial charge in [0.2, 0.25) is 5.95 Å². The third kappa shape index (κ3) is 7.73. The van der Waals surface area contributed by atoms with Gasteiger partial charge in [0.25, 0.3) is 0 Å². The van der Waals surface area contributed by atoms with E-state index in [1.807, 2.05) is 46.8 Å². The molecule has 0 spiro atoms. The van der Waals surface area contributed by atoms with E-state index >= 15 is 0 Å². The molecule has 0 aliphatic heterocycles. The smallest absolute Gasteiger partial charge is 0.410 e. The van der Waals surface area contributed by atoms with Crippen molar-refractivity contribution in [1.29, 1.82) is 0 Å². The molecule has 1 aromatic carbocycles. The molecule has 0 bridgehead atoms. The van der Waals surface area contributed by atoms with Gasteiger partial charge in [-0.1, -0.05) is 6.07 Å². The molecule has 187 valence electrons. The predicted molar refractivity (Wildman–Crippen MR) is 135 cm³/mol. The van der Waals surface area contributed by atoms with Gasteiger partial charge in [0.15, 0.2) is 0 Å². The Morgan fingerprint density at radius 3 is 2.44 bits per heavy atom. The number of ether oxygens (including phenoxy) is 2. The van der Waals surface area contributed by atoms with Gasteiger partial charge in [-0.2, -0.15) is 0 Å². The highest BCUT2D eigenvalue weighted by Gasteiger charge is 2.35. The van der Waals surface area contributed by atoms with Crippen LogP contribution in [-0.2, 0) is 9.39 Å². The summed E-state index contributed by atoms with van der Waals surface area (Å²) < 4.78 is 16.8. The zero-order chi connectivity index (χ0) is 25.7. The Labute approximate surface area is 203 Å². The summed E-state index contributed by atoms with van der Waals surface area (Å²) in [5.41, 5.74) is -0.870. The molecule has 0 atom stereocenters. The van der Waals surface area contributed by atoms with Gasteiger partial charge in [-0.3, -0.25) is 0 Å². The standard InChI is InChI=1S/C24H38BN4O5/c1-22(2,3)33-21(30)29(8)12-10-11-26-20-27-15-16-13-17(14-18(32-9)19(16)28-20)25-34-24(6,7)23(4,5)31/h13-15,31H,10-12H2,1-9H3,(H,26,27,28). The van der Waals surface area contributed by atoms with E-state index in [1.54, 1.807) is 46.6 Å². The summed E-state index contributed by atoms with van der Waals surface area (Å²) in [4.78, 5) is 22.6. The minimum atomic E-state index is -1.02. The highest BCUT2D eigenvalue weighted by molar-refractivity contribution is 6.47. The number of nitrogens with one attached hydrogen (secondary N) is 1. The SMILES string of the molecule is COc1cc([B]OC(C)(C)C(C)(C)O)cc2cnc(NCCCN(C)C(=O)OC(C)(C)C)nc12. The van der Waals surface area contributed by atoms with E-state index < -0.39 is 16.8 Å². The van der Waals surface area contributed by atoms with Crippen molar-refractivity contribution in [3.63, 3.8) is 0 Å². The molecule has 2 aromatic rings. The van der Waals surface area contributed by atoms with Crippen molar-refractivity contribution in [1.82, 2.24) is 14.9 Å². The quantitative estimate of drug-likeness (QED) is 0.401. The second-order valence-corrected chi connectivity index (χ2v) is 10.3. The van der Waals surface area contributed by atoms with E-state index in [0.29, 0.717) is 36.7 Å². The van der Waals surface area contributed by atoms with Gasteiger partial charge in [0, 0.05) is 31.7 Å². The van der Waals surface area contributed by atoms with Crippen molar-refractivity contribution in [2.24, 2.45) is 0 Å². The number of carbonyl (C=O) groups excluding carboxylic acids is 1. The highest BCUT2D eigenvalue weighted by Crippen LogP contribution is 2.26. The molecule has 0 fully saturated rings. The molecule has 0 unspecified atom stereocenters. The van der Waals surface area contributed by atoms with Crippen LogP contribution in [0.3, 0.4) is 0 Å². The first-order valence-corrected chi connectivity index (χ1v) is 11.4. The van der Waals surface area contributed by atoms with Gasteiger partial charge < -0.3 is 29.5 Å². The molecule has 1 amide bonds. The largest absolute Gasteiger partial charge is 0.494 e. The highest BCUT2D eigenvalue weighted by atomic mass is 16.6. The first-order chi connectivity index (χ1) is 15.6. The average molecular weight is 473 g/mol. The monoisotopic (exact) mass is 473 g/mol. The Bertz CT molecular complexity index is 986. The fourth-order valence-corrected chi connectivity index (χ4v) is 2.75. The number of nitrogens with zero attached hydrogens (tertiary/aromatic N) is 3. The number of amides is 1. The third-order valence-electron chi connectivity index (χ3n) is 5.51. The zero-order valence-electron chi connectivity index (χ0n) is 21.9. The molecule has 1 radical (unpaired) electrons. The number of aromatic nitrogens is 2. The van der Waals surface area contributed by atoms with Crippen molar-refractivity contribution >= 4 is 35.9 Å². The van der Waals surface area contributed by atoms with Crippen molar-refractivity contribution in [3.05, 3.63) is 18.3 Å². The summed E-state index contributed by atoms with van der Waals surface area (Å²) in [6.07, 6.45) is 2.08. The van der Waals surface area contributed by atoms with Gasteiger partial charge in [0.05, 0.1) is 18.3 Å². The minimum absolute atomic E-state index is 0.346. The molecule has 34 heavy (non-hydrogen) atoms. The van der Waals surface area contributed by atoms with E-state index in [-0.39, 0.29) is 6.09 Å². The van der Waals surface area contributed by atoms with E-state index in [4.69, 9.17) is 14.1 Å². The maximum atomic E-state index is 12.0. The summed E-state index contributed by atoms with van der Waals surface area (Å²) >= 11 is 0. The van der Waals surface area contributed by atoms with Crippen LogP contribution in [0, 0.1) is 0 Å². The number of anilines is 1. The normalized spacial score (nSPS) is 12.4. The topological polar surface area (TPSA) is 106 Å². The lowest BCUT2D eigenvalue weighted by Gasteiger charge is -2.37. The van der Waals surface area contributed by atoms with Crippen LogP contribution in [0.1, 0.15) is 54.9 Å². The van der Waals surface area contributed by atoms with Crippen molar-refractivity contribution in [3.8, 4) is 5.75 Å². The molecule has 0 saturated heterocycles. The number of methoxy groups -OCH3 is 1. The molecule has 0 saturated carbocycles. The number of hydrogen-bond acceptors (Lipinski definition) is 8. The Balaban J connectivity index is 2.01. The molecule has 10 heteroatoms. The zero-order valence-corrected chi connectivity index (χ0v) is 21.9. The Morgan fingerprint density at radius 1 is 1.18 bits per heavy atom. The summed E-state index contributed by atoms with van der Waals surface area (Å²) in [5.74, 6) is 1.06. The van der Waals surface area contributed by atoms with E-state index in [0.717, 1.165) is 10.8 Å². The molecular formula is C24H38BN4O5. The van der Waals surface area contributed by atoms with Crippen LogP contribution >= 0.6 is 0 Å². The lowest BCUT2D eigenvalue weighted by molar-refractivity contribution is -0.0893. The third-order valence-corrected chi connectivity index (χ3v) is 5.51. The average Bonchev–Trinajstić information content (AvgIpc) is 2.72. The van der Waals surface area contributed by atoms with Crippen LogP contribution in [0.15, 0.2) is 18.3 Å². The van der Waals surface area contributed by atoms with Crippen LogP contribution in [0.2, 0.25) is 0 Å². The van der Waals surface area contributed by atoms with Gasteiger partial charge in [0.1, 0.15) is 16.9 Å². The molecule has 0 aliphatic carbocycles. The second-order valence-electron chi connectivity index (χ2n) is 10.3. The number of aliphatic hydroxyl groups is 1. The van der Waals surface area contributed by atoms with Crippen molar-refractivity contribution in [2.45, 2.75) is 71.7 Å². The van der Waals surface area contributed by atoms with Crippen LogP contribution in [-0.4, -0.2) is 77.6 Å². The molecular weight excluding hydrogens is 435 g/mol. The van der Waals surface area contributed by atoms with Crippen LogP contribution < -0.4 is 15.5 Å². The summed E-state index contributed by atoms with van der Waals surface area (Å²) in [5, 5.41) is 14.3. The van der Waals surface area contributed by atoms with Gasteiger partial charge in [-0.25, -0.2) is 14.8 Å². The molecule has 2 rings (SSSR count). The van der Waals surface area contributed by atoms with Crippen LogP contribution in [0.4, 0.5) is 10.7 Å². The van der Waals surface area contributed by atoms with Crippen LogP contribution in [0.5, 0.6) is 5.75 Å². The van der Waals surface area contributed by atoms with E-state index in [2.05, 4.69) is 15.3 Å². The number of fused-ring (bicyclic) bond motifs is 1. The first kappa shape index (κ1) is 27.7. The fourth-order valence-electron chi connectivity index (χ4n) is 2.75. The van der Waals surface area contributed by atoms with Crippen LogP contribution in [0.25, 0.3) is 10.9 Å². The number of benzene rings is 1. The summed E-state index contributed by atoms with van der Waals surface area (Å²) in [6, 6.07) is 3.73. The fraction of sp³-hybridized carbons (Fsp3) is 0.625. The Hall–Kier alpha value is -2.59.